The van der Waals surface area contributed by atoms with Crippen LogP contribution in [0.2, 0.25) is 0 Å². The van der Waals surface area contributed by atoms with Gasteiger partial charge in [-0.05, 0) is 18.1 Å². The highest BCUT2D eigenvalue weighted by Crippen LogP contribution is 2.16. The van der Waals surface area contributed by atoms with E-state index in [1.807, 2.05) is 6.07 Å². The molecule has 0 aliphatic carbocycles. The minimum absolute atomic E-state index is 0.0151. The van der Waals surface area contributed by atoms with Crippen molar-refractivity contribution in [2.45, 2.75) is 18.3 Å². The van der Waals surface area contributed by atoms with Gasteiger partial charge in [-0.3, -0.25) is 0 Å². The molecule has 23 heavy (non-hydrogen) atoms. The highest BCUT2D eigenvalue weighted by atomic mass is 32.2. The maximum atomic E-state index is 13.5. The van der Waals surface area contributed by atoms with E-state index in [4.69, 9.17) is 0 Å². The monoisotopic (exact) mass is 341 g/mol. The molecular weight excluding hydrogens is 324 g/mol. The Hall–Kier alpha value is -1.83. The molecule has 0 aliphatic rings. The molecule has 0 spiro atoms. The van der Waals surface area contributed by atoms with Gasteiger partial charge < -0.3 is 5.11 Å². The van der Waals surface area contributed by atoms with Gasteiger partial charge in [0.2, 0.25) is 10.0 Å². The zero-order valence-electron chi connectivity index (χ0n) is 12.2. The van der Waals surface area contributed by atoms with E-state index in [0.29, 0.717) is 11.6 Å². The largest absolute Gasteiger partial charge is 0.388 e. The van der Waals surface area contributed by atoms with Crippen molar-refractivity contribution in [2.75, 3.05) is 6.54 Å². The first kappa shape index (κ1) is 17.5. The van der Waals surface area contributed by atoms with E-state index in [2.05, 4.69) is 4.72 Å². The van der Waals surface area contributed by atoms with Crippen molar-refractivity contribution in [1.29, 1.82) is 0 Å². The molecule has 0 heterocycles. The Labute approximate surface area is 133 Å². The first-order chi connectivity index (χ1) is 10.9. The number of benzene rings is 2. The van der Waals surface area contributed by atoms with Gasteiger partial charge in [-0.2, -0.15) is 0 Å². The van der Waals surface area contributed by atoms with Crippen LogP contribution < -0.4 is 4.72 Å². The maximum Gasteiger partial charge on any atom is 0.215 e. The summed E-state index contributed by atoms with van der Waals surface area (Å²) in [5, 5.41) is 9.95. The van der Waals surface area contributed by atoms with Crippen LogP contribution in [0, 0.1) is 11.6 Å². The lowest BCUT2D eigenvalue weighted by atomic mass is 10.1. The predicted octanol–water partition coefficient (Wildman–Crippen LogP) is 2.51. The lowest BCUT2D eigenvalue weighted by Crippen LogP contribution is -2.27. The average Bonchev–Trinajstić information content (AvgIpc) is 2.50. The summed E-state index contributed by atoms with van der Waals surface area (Å²) in [4.78, 5) is 0. The van der Waals surface area contributed by atoms with E-state index in [1.54, 1.807) is 24.3 Å². The molecule has 7 heteroatoms. The van der Waals surface area contributed by atoms with Crippen LogP contribution in [0.1, 0.15) is 23.7 Å². The minimum Gasteiger partial charge on any atom is -0.388 e. The molecule has 0 saturated carbocycles. The Bertz CT molecular complexity index is 751. The smallest absolute Gasteiger partial charge is 0.215 e. The fraction of sp³-hybridized carbons (Fsp3) is 0.250. The quantitative estimate of drug-likeness (QED) is 0.813. The number of aliphatic hydroxyl groups excluding tert-OH is 1. The van der Waals surface area contributed by atoms with Gasteiger partial charge in [0.1, 0.15) is 11.6 Å². The summed E-state index contributed by atoms with van der Waals surface area (Å²) in [6.07, 6.45) is -0.601. The van der Waals surface area contributed by atoms with E-state index in [0.717, 1.165) is 12.1 Å². The summed E-state index contributed by atoms with van der Waals surface area (Å²) in [7, 11) is -3.77. The highest BCUT2D eigenvalue weighted by molar-refractivity contribution is 7.88. The molecule has 2 rings (SSSR count). The summed E-state index contributed by atoms with van der Waals surface area (Å²) < 4.78 is 52.4. The fourth-order valence-electron chi connectivity index (χ4n) is 2.09. The standard InChI is InChI=1S/C16H17F2NO3S/c17-14-7-6-13(15(18)10-14)11-23(21,22)19-9-8-16(20)12-4-2-1-3-5-12/h1-7,10,16,19-20H,8-9,11H2/t16-/m0/s1. The first-order valence-electron chi connectivity index (χ1n) is 7.02. The second-order valence-corrected chi connectivity index (χ2v) is 6.91. The second-order valence-electron chi connectivity index (χ2n) is 5.10. The Morgan fingerprint density at radius 2 is 1.78 bits per heavy atom. The van der Waals surface area contributed by atoms with E-state index in [1.165, 1.54) is 0 Å². The Balaban J connectivity index is 1.89. The highest BCUT2D eigenvalue weighted by Gasteiger charge is 2.16. The Kier molecular flexibility index (Phi) is 5.81. The van der Waals surface area contributed by atoms with Crippen LogP contribution in [0.3, 0.4) is 0 Å². The van der Waals surface area contributed by atoms with Gasteiger partial charge in [0.25, 0.3) is 0 Å². The van der Waals surface area contributed by atoms with Crippen molar-refractivity contribution in [2.24, 2.45) is 0 Å². The van der Waals surface area contributed by atoms with Crippen molar-refractivity contribution in [1.82, 2.24) is 4.72 Å². The van der Waals surface area contributed by atoms with E-state index in [9.17, 15) is 22.3 Å². The lowest BCUT2D eigenvalue weighted by Gasteiger charge is -2.12. The molecule has 0 fully saturated rings. The normalized spacial score (nSPS) is 13.0. The molecule has 0 aliphatic heterocycles. The molecule has 0 unspecified atom stereocenters. The number of hydrogen-bond donors (Lipinski definition) is 2. The van der Waals surface area contributed by atoms with Gasteiger partial charge in [-0.15, -0.1) is 0 Å². The number of nitrogens with one attached hydrogen (secondary N) is 1. The van der Waals surface area contributed by atoms with Crippen molar-refractivity contribution in [3.63, 3.8) is 0 Å². The van der Waals surface area contributed by atoms with Gasteiger partial charge in [0.15, 0.2) is 0 Å². The predicted molar refractivity (Wildman–Crippen MR) is 83.0 cm³/mol. The van der Waals surface area contributed by atoms with E-state index < -0.39 is 33.5 Å². The number of sulfonamides is 1. The Morgan fingerprint density at radius 1 is 1.09 bits per heavy atom. The van der Waals surface area contributed by atoms with Gasteiger partial charge >= 0.3 is 0 Å². The number of rotatable bonds is 7. The van der Waals surface area contributed by atoms with Crippen LogP contribution in [-0.2, 0) is 15.8 Å². The molecule has 0 amide bonds. The van der Waals surface area contributed by atoms with Crippen LogP contribution in [0.5, 0.6) is 0 Å². The topological polar surface area (TPSA) is 66.4 Å². The molecule has 124 valence electrons. The van der Waals surface area contributed by atoms with Crippen molar-refractivity contribution < 1.29 is 22.3 Å². The molecule has 0 aromatic heterocycles. The van der Waals surface area contributed by atoms with Gasteiger partial charge in [-0.25, -0.2) is 21.9 Å². The Morgan fingerprint density at radius 3 is 2.43 bits per heavy atom. The van der Waals surface area contributed by atoms with Crippen LogP contribution in [0.15, 0.2) is 48.5 Å². The fourth-order valence-corrected chi connectivity index (χ4v) is 3.26. The SMILES string of the molecule is O=S(=O)(Cc1ccc(F)cc1F)NCC[C@H](O)c1ccccc1. The summed E-state index contributed by atoms with van der Waals surface area (Å²) in [5.41, 5.74) is 0.582. The maximum absolute atomic E-state index is 13.5. The zero-order valence-corrected chi connectivity index (χ0v) is 13.1. The van der Waals surface area contributed by atoms with Gasteiger partial charge in [0.05, 0.1) is 11.9 Å². The first-order valence-corrected chi connectivity index (χ1v) is 8.67. The van der Waals surface area contributed by atoms with Crippen LogP contribution >= 0.6 is 0 Å². The molecule has 2 N–H and O–H groups in total. The summed E-state index contributed by atoms with van der Waals surface area (Å²) in [6.45, 7) is 0.0151. The molecule has 2 aromatic carbocycles. The average molecular weight is 341 g/mol. The lowest BCUT2D eigenvalue weighted by molar-refractivity contribution is 0.169. The summed E-state index contributed by atoms with van der Waals surface area (Å²) in [6, 6.07) is 11.6. The second kappa shape index (κ2) is 7.63. The third-order valence-corrected chi connectivity index (χ3v) is 4.62. The zero-order chi connectivity index (χ0) is 16.9. The minimum atomic E-state index is -3.77. The number of aliphatic hydroxyl groups is 1. The molecule has 0 radical (unpaired) electrons. The third-order valence-electron chi connectivity index (χ3n) is 3.28. The van der Waals surface area contributed by atoms with Crippen LogP contribution in [-0.4, -0.2) is 20.1 Å². The van der Waals surface area contributed by atoms with E-state index in [-0.39, 0.29) is 18.5 Å². The molecule has 0 bridgehead atoms. The summed E-state index contributed by atoms with van der Waals surface area (Å²) >= 11 is 0. The number of hydrogen-bond acceptors (Lipinski definition) is 3. The molecule has 4 nitrogen and oxygen atoms in total. The summed E-state index contributed by atoms with van der Waals surface area (Å²) in [5.74, 6) is -2.25. The van der Waals surface area contributed by atoms with E-state index >= 15 is 0 Å². The number of halogens is 2. The molecule has 0 saturated heterocycles. The van der Waals surface area contributed by atoms with Gasteiger partial charge in [-0.1, -0.05) is 36.4 Å². The third kappa shape index (κ3) is 5.38. The van der Waals surface area contributed by atoms with Crippen LogP contribution in [0.25, 0.3) is 0 Å². The molecular formula is C16H17F2NO3S. The molecule has 1 atom stereocenters. The molecule has 2 aromatic rings. The van der Waals surface area contributed by atoms with Crippen molar-refractivity contribution in [3.05, 3.63) is 71.3 Å². The van der Waals surface area contributed by atoms with Crippen LogP contribution in [0.4, 0.5) is 8.78 Å². The van der Waals surface area contributed by atoms with Crippen molar-refractivity contribution >= 4 is 10.0 Å². The van der Waals surface area contributed by atoms with Gasteiger partial charge in [0, 0.05) is 18.2 Å². The van der Waals surface area contributed by atoms with Crippen molar-refractivity contribution in [3.8, 4) is 0 Å².